The highest BCUT2D eigenvalue weighted by atomic mass is 35.5. The van der Waals surface area contributed by atoms with Gasteiger partial charge in [0.05, 0.1) is 22.0 Å². The number of allylic oxidation sites excluding steroid dienone is 2. The van der Waals surface area contributed by atoms with Gasteiger partial charge in [-0.15, -0.1) is 0 Å². The minimum Gasteiger partial charge on any atom is -0.505 e. The molecule has 162 valence electrons. The first kappa shape index (κ1) is 22.0. The van der Waals surface area contributed by atoms with Crippen molar-refractivity contribution in [3.63, 3.8) is 0 Å². The number of phenols is 1. The number of nitrogens with one attached hydrogen (secondary N) is 1. The van der Waals surface area contributed by atoms with E-state index in [2.05, 4.69) is 11.1 Å². The molecule has 2 N–H and O–H groups in total. The number of rotatable bonds is 4. The Hall–Kier alpha value is -2.24. The van der Waals surface area contributed by atoms with E-state index in [4.69, 9.17) is 33.6 Å². The van der Waals surface area contributed by atoms with Crippen LogP contribution in [0.5, 0.6) is 5.75 Å². The summed E-state index contributed by atoms with van der Waals surface area (Å²) in [5.41, 5.74) is 2.57. The molecule has 1 saturated carbocycles. The number of aliphatic imine (C=N–C) groups is 2. The number of phenolic OH excluding ortho intramolecular Hbond substituents is 1. The third-order valence-electron chi connectivity index (χ3n) is 6.36. The van der Waals surface area contributed by atoms with Crippen LogP contribution < -0.4 is 0 Å². The minimum atomic E-state index is -0.419. The monoisotopic (exact) mass is 457 g/mol. The number of fused-ring (bicyclic) bond motifs is 1. The van der Waals surface area contributed by atoms with Gasteiger partial charge in [0.15, 0.2) is 5.75 Å². The van der Waals surface area contributed by atoms with Crippen LogP contribution in [0.2, 0.25) is 10.0 Å². The average Bonchev–Trinajstić information content (AvgIpc) is 2.77. The standard InChI is InChI=1S/C24H25Cl2N3O2/c1-13(30)19-12-28-22-7-4-15(16-9-20(25)24(31)21(26)10-16)8-18(22)23(19)29-17-5-2-14(11-27)3-6-17/h4,7-12,14,17-19,22,27,31H,2-3,5-6H2,1H3. The van der Waals surface area contributed by atoms with E-state index in [0.717, 1.165) is 42.5 Å². The summed E-state index contributed by atoms with van der Waals surface area (Å²) in [5, 5.41) is 17.8. The van der Waals surface area contributed by atoms with E-state index in [9.17, 15) is 9.90 Å². The van der Waals surface area contributed by atoms with Gasteiger partial charge in [-0.25, -0.2) is 0 Å². The van der Waals surface area contributed by atoms with Gasteiger partial charge >= 0.3 is 0 Å². The first-order valence-electron chi connectivity index (χ1n) is 10.6. The lowest BCUT2D eigenvalue weighted by molar-refractivity contribution is -0.117. The number of ketones is 1. The molecule has 1 heterocycles. The van der Waals surface area contributed by atoms with Crippen LogP contribution in [0.15, 0.2) is 40.3 Å². The summed E-state index contributed by atoms with van der Waals surface area (Å²) in [6, 6.07) is 3.44. The summed E-state index contributed by atoms with van der Waals surface area (Å²) in [6.07, 6.45) is 13.1. The zero-order chi connectivity index (χ0) is 22.1. The van der Waals surface area contributed by atoms with Gasteiger partial charge in [-0.3, -0.25) is 14.8 Å². The Kier molecular flexibility index (Phi) is 6.44. The molecule has 3 aliphatic rings. The predicted octanol–water partition coefficient (Wildman–Crippen LogP) is 5.58. The lowest BCUT2D eigenvalue weighted by Crippen LogP contribution is -2.40. The van der Waals surface area contributed by atoms with Crippen LogP contribution in [0, 0.1) is 23.2 Å². The second-order valence-electron chi connectivity index (χ2n) is 8.46. The predicted molar refractivity (Wildman–Crippen MR) is 127 cm³/mol. The van der Waals surface area contributed by atoms with Crippen molar-refractivity contribution < 1.29 is 9.90 Å². The molecule has 1 aromatic carbocycles. The van der Waals surface area contributed by atoms with E-state index in [1.807, 2.05) is 12.2 Å². The molecule has 31 heavy (non-hydrogen) atoms. The Bertz CT molecular complexity index is 997. The fourth-order valence-corrected chi connectivity index (χ4v) is 5.04. The van der Waals surface area contributed by atoms with E-state index in [0.29, 0.717) is 5.92 Å². The zero-order valence-corrected chi connectivity index (χ0v) is 18.8. The van der Waals surface area contributed by atoms with Crippen molar-refractivity contribution in [1.29, 1.82) is 5.41 Å². The number of carbonyl (C=O) groups is 1. The van der Waals surface area contributed by atoms with Crippen molar-refractivity contribution in [2.45, 2.75) is 44.7 Å². The molecule has 7 heteroatoms. The van der Waals surface area contributed by atoms with Gasteiger partial charge in [-0.2, -0.15) is 0 Å². The summed E-state index contributed by atoms with van der Waals surface area (Å²) in [5.74, 6) is -0.293. The number of carbonyl (C=O) groups excluding carboxylic acids is 1. The summed E-state index contributed by atoms with van der Waals surface area (Å²) in [6.45, 7) is 1.58. The first-order valence-corrected chi connectivity index (χ1v) is 11.3. The molecule has 3 unspecified atom stereocenters. The lowest BCUT2D eigenvalue weighted by Gasteiger charge is -2.33. The smallest absolute Gasteiger partial charge is 0.152 e. The number of hydrogen-bond acceptors (Lipinski definition) is 5. The number of halogens is 2. The van der Waals surface area contributed by atoms with Crippen LogP contribution in [0.1, 0.15) is 38.2 Å². The molecule has 0 amide bonds. The molecular formula is C24H25Cl2N3O2. The molecule has 5 nitrogen and oxygen atoms in total. The van der Waals surface area contributed by atoms with Crippen molar-refractivity contribution in [2.75, 3.05) is 0 Å². The maximum atomic E-state index is 12.4. The number of hydrogen-bond donors (Lipinski definition) is 2. The van der Waals surface area contributed by atoms with Gasteiger partial charge in [0.2, 0.25) is 0 Å². The fourth-order valence-electron chi connectivity index (χ4n) is 4.55. The quantitative estimate of drug-likeness (QED) is 0.578. The molecule has 0 saturated heterocycles. The van der Waals surface area contributed by atoms with E-state index >= 15 is 0 Å². The molecule has 1 fully saturated rings. The van der Waals surface area contributed by atoms with Gasteiger partial charge in [-0.1, -0.05) is 41.4 Å². The summed E-state index contributed by atoms with van der Waals surface area (Å²) in [4.78, 5) is 22.1. The maximum absolute atomic E-state index is 12.4. The number of Topliss-reactive ketones (excluding diaryl/α,β-unsaturated/α-hetero) is 1. The Morgan fingerprint density at radius 1 is 1.23 bits per heavy atom. The third-order valence-corrected chi connectivity index (χ3v) is 6.94. The molecule has 0 bridgehead atoms. The van der Waals surface area contributed by atoms with Gasteiger partial charge in [0.25, 0.3) is 0 Å². The van der Waals surface area contributed by atoms with Crippen molar-refractivity contribution in [2.24, 2.45) is 27.7 Å². The first-order chi connectivity index (χ1) is 14.9. The molecule has 1 aromatic rings. The van der Waals surface area contributed by atoms with Crippen molar-refractivity contribution in [3.8, 4) is 5.75 Å². The van der Waals surface area contributed by atoms with E-state index in [-0.39, 0.29) is 39.6 Å². The molecule has 3 atom stereocenters. The van der Waals surface area contributed by atoms with Crippen LogP contribution in [0.4, 0.5) is 0 Å². The Balaban J connectivity index is 1.70. The van der Waals surface area contributed by atoms with E-state index in [1.165, 1.54) is 0 Å². The highest BCUT2D eigenvalue weighted by Crippen LogP contribution is 2.38. The van der Waals surface area contributed by atoms with Crippen molar-refractivity contribution in [1.82, 2.24) is 0 Å². The number of benzene rings is 1. The molecule has 1 aliphatic heterocycles. The molecule has 0 radical (unpaired) electrons. The van der Waals surface area contributed by atoms with Crippen LogP contribution >= 0.6 is 23.2 Å². The largest absolute Gasteiger partial charge is 0.505 e. The van der Waals surface area contributed by atoms with Crippen LogP contribution in [0.25, 0.3) is 5.57 Å². The van der Waals surface area contributed by atoms with E-state index < -0.39 is 5.92 Å². The third kappa shape index (κ3) is 4.53. The van der Waals surface area contributed by atoms with Crippen LogP contribution in [0.3, 0.4) is 0 Å². The molecule has 4 rings (SSSR count). The Morgan fingerprint density at radius 2 is 1.90 bits per heavy atom. The second-order valence-corrected chi connectivity index (χ2v) is 9.28. The molecular weight excluding hydrogens is 433 g/mol. The maximum Gasteiger partial charge on any atom is 0.152 e. The van der Waals surface area contributed by atoms with E-state index in [1.54, 1.807) is 31.5 Å². The SMILES string of the molecule is CC(=O)C1C=NC2C=CC(c3cc(Cl)c(O)c(Cl)c3)=CC2C1=NC1CCC(C=N)CC1. The average molecular weight is 458 g/mol. The molecule has 2 aliphatic carbocycles. The Labute approximate surface area is 192 Å². The van der Waals surface area contributed by atoms with Gasteiger partial charge in [-0.05, 0) is 68.0 Å². The van der Waals surface area contributed by atoms with Crippen molar-refractivity contribution >= 4 is 52.7 Å². The normalized spacial score (nSPS) is 31.3. The topological polar surface area (TPSA) is 85.9 Å². The van der Waals surface area contributed by atoms with Crippen molar-refractivity contribution in [3.05, 3.63) is 46.0 Å². The molecule has 0 spiro atoms. The number of aromatic hydroxyl groups is 1. The van der Waals surface area contributed by atoms with Crippen LogP contribution in [-0.2, 0) is 4.79 Å². The minimum absolute atomic E-state index is 0.0364. The van der Waals surface area contributed by atoms with Crippen LogP contribution in [-0.4, -0.2) is 41.1 Å². The summed E-state index contributed by atoms with van der Waals surface area (Å²) in [7, 11) is 0. The lowest BCUT2D eigenvalue weighted by atomic mass is 9.77. The zero-order valence-electron chi connectivity index (χ0n) is 17.3. The van der Waals surface area contributed by atoms with Gasteiger partial charge in [0.1, 0.15) is 5.78 Å². The summed E-state index contributed by atoms with van der Waals surface area (Å²) < 4.78 is 0. The van der Waals surface area contributed by atoms with Gasteiger partial charge in [0, 0.05) is 23.9 Å². The highest BCUT2D eigenvalue weighted by Gasteiger charge is 2.36. The second kappa shape index (κ2) is 9.09. The number of nitrogens with zero attached hydrogens (tertiary/aromatic N) is 2. The fraction of sp³-hybridized carbons (Fsp3) is 0.417. The Morgan fingerprint density at radius 3 is 2.52 bits per heavy atom. The van der Waals surface area contributed by atoms with Gasteiger partial charge < -0.3 is 10.5 Å². The summed E-state index contributed by atoms with van der Waals surface area (Å²) >= 11 is 12.3. The molecule has 0 aromatic heterocycles. The highest BCUT2D eigenvalue weighted by molar-refractivity contribution is 6.37.